The van der Waals surface area contributed by atoms with Gasteiger partial charge in [-0.05, 0) is 43.6 Å². The minimum Gasteiger partial charge on any atom is -0.347 e. The molecule has 3 heterocycles. The van der Waals surface area contributed by atoms with Gasteiger partial charge in [0.25, 0.3) is 11.8 Å². The number of amides is 2. The number of carbonyl (C=O) groups is 2. The zero-order valence-electron chi connectivity index (χ0n) is 16.5. The van der Waals surface area contributed by atoms with Gasteiger partial charge in [0, 0.05) is 26.2 Å². The third kappa shape index (κ3) is 3.81. The molecule has 1 fully saturated rings. The van der Waals surface area contributed by atoms with Crippen LogP contribution in [0.5, 0.6) is 0 Å². The predicted octanol–water partition coefficient (Wildman–Crippen LogP) is 3.02. The van der Waals surface area contributed by atoms with Crippen molar-refractivity contribution in [2.75, 3.05) is 13.1 Å². The maximum absolute atomic E-state index is 13.1. The van der Waals surface area contributed by atoms with Gasteiger partial charge in [-0.15, -0.1) is 0 Å². The van der Waals surface area contributed by atoms with E-state index in [0.29, 0.717) is 24.0 Å². The lowest BCUT2D eigenvalue weighted by molar-refractivity contribution is 0.0664. The second-order valence-electron chi connectivity index (χ2n) is 8.01. The summed E-state index contributed by atoms with van der Waals surface area (Å²) >= 11 is 0. The van der Waals surface area contributed by atoms with Crippen LogP contribution in [0.2, 0.25) is 0 Å². The van der Waals surface area contributed by atoms with Crippen molar-refractivity contribution in [3.8, 4) is 0 Å². The van der Waals surface area contributed by atoms with Crippen LogP contribution in [-0.4, -0.2) is 39.4 Å². The Kier molecular flexibility index (Phi) is 5.46. The topological polar surface area (TPSA) is 67.2 Å². The average molecular weight is 380 g/mol. The highest BCUT2D eigenvalue weighted by Crippen LogP contribution is 2.24. The molecular formula is C22H28N4O2. The molecule has 2 amide bonds. The molecule has 1 N–H and O–H groups in total. The van der Waals surface area contributed by atoms with E-state index in [1.165, 1.54) is 0 Å². The van der Waals surface area contributed by atoms with Gasteiger partial charge >= 0.3 is 0 Å². The molecule has 148 valence electrons. The molecule has 0 bridgehead atoms. The Morgan fingerprint density at radius 1 is 1.14 bits per heavy atom. The number of rotatable bonds is 4. The summed E-state index contributed by atoms with van der Waals surface area (Å²) in [6.07, 6.45) is 5.04. The number of fused-ring (bicyclic) bond motifs is 1. The Bertz CT molecular complexity index is 859. The van der Waals surface area contributed by atoms with Crippen LogP contribution in [0.1, 0.15) is 65.0 Å². The second kappa shape index (κ2) is 8.17. The molecule has 4 rings (SSSR count). The first kappa shape index (κ1) is 18.7. The number of aromatic nitrogens is 2. The van der Waals surface area contributed by atoms with Crippen molar-refractivity contribution in [3.05, 3.63) is 53.1 Å². The summed E-state index contributed by atoms with van der Waals surface area (Å²) in [7, 11) is 0. The van der Waals surface area contributed by atoms with E-state index in [1.54, 1.807) is 0 Å². The molecule has 1 atom stereocenters. The van der Waals surface area contributed by atoms with Crippen LogP contribution in [-0.2, 0) is 19.5 Å². The van der Waals surface area contributed by atoms with E-state index in [9.17, 15) is 9.59 Å². The number of nitrogens with one attached hydrogen (secondary N) is 1. The summed E-state index contributed by atoms with van der Waals surface area (Å²) in [4.78, 5) is 32.5. The first-order valence-electron chi connectivity index (χ1n) is 10.3. The SMILES string of the molecule is CC1CCCN(C(=O)c2nc(C(=O)NCc3ccccc3)c3n2CCCC3)C1. The van der Waals surface area contributed by atoms with Gasteiger partial charge in [0.05, 0.1) is 5.69 Å². The molecule has 28 heavy (non-hydrogen) atoms. The van der Waals surface area contributed by atoms with Crippen molar-refractivity contribution in [1.29, 1.82) is 0 Å². The maximum Gasteiger partial charge on any atom is 0.289 e. The van der Waals surface area contributed by atoms with Gasteiger partial charge in [-0.2, -0.15) is 0 Å². The molecular weight excluding hydrogens is 352 g/mol. The molecule has 1 saturated heterocycles. The fraction of sp³-hybridized carbons (Fsp3) is 0.500. The van der Waals surface area contributed by atoms with Crippen LogP contribution in [0, 0.1) is 5.92 Å². The van der Waals surface area contributed by atoms with E-state index < -0.39 is 0 Å². The van der Waals surface area contributed by atoms with Gasteiger partial charge in [0.15, 0.2) is 5.82 Å². The Labute approximate surface area is 165 Å². The van der Waals surface area contributed by atoms with Gasteiger partial charge in [0.2, 0.25) is 0 Å². The molecule has 0 aliphatic carbocycles. The Morgan fingerprint density at radius 2 is 1.96 bits per heavy atom. The van der Waals surface area contributed by atoms with E-state index in [1.807, 2.05) is 39.8 Å². The molecule has 1 unspecified atom stereocenters. The third-order valence-corrected chi connectivity index (χ3v) is 5.76. The molecule has 2 aromatic rings. The molecule has 0 spiro atoms. The Hall–Kier alpha value is -2.63. The quantitative estimate of drug-likeness (QED) is 0.887. The molecule has 0 saturated carbocycles. The fourth-order valence-corrected chi connectivity index (χ4v) is 4.27. The molecule has 1 aromatic carbocycles. The van der Waals surface area contributed by atoms with Gasteiger partial charge in [0.1, 0.15) is 5.69 Å². The predicted molar refractivity (Wildman–Crippen MR) is 107 cm³/mol. The van der Waals surface area contributed by atoms with Crippen molar-refractivity contribution in [2.45, 2.75) is 52.1 Å². The molecule has 2 aliphatic heterocycles. The smallest absolute Gasteiger partial charge is 0.289 e. The zero-order chi connectivity index (χ0) is 19.5. The first-order chi connectivity index (χ1) is 13.6. The lowest BCUT2D eigenvalue weighted by Gasteiger charge is -2.31. The van der Waals surface area contributed by atoms with Crippen molar-refractivity contribution in [3.63, 3.8) is 0 Å². The van der Waals surface area contributed by atoms with E-state index in [-0.39, 0.29) is 11.8 Å². The number of likely N-dealkylation sites (tertiary alicyclic amines) is 1. The summed E-state index contributed by atoms with van der Waals surface area (Å²) in [5, 5.41) is 2.96. The third-order valence-electron chi connectivity index (χ3n) is 5.76. The number of piperidine rings is 1. The number of nitrogens with zero attached hydrogens (tertiary/aromatic N) is 3. The summed E-state index contributed by atoms with van der Waals surface area (Å²) < 4.78 is 1.99. The van der Waals surface area contributed by atoms with Crippen LogP contribution in [0.25, 0.3) is 0 Å². The van der Waals surface area contributed by atoms with E-state index >= 15 is 0 Å². The molecule has 2 aliphatic rings. The van der Waals surface area contributed by atoms with E-state index in [0.717, 1.165) is 63.0 Å². The molecule has 6 nitrogen and oxygen atoms in total. The largest absolute Gasteiger partial charge is 0.347 e. The standard InChI is InChI=1S/C22H28N4O2/c1-16-8-7-12-25(15-16)22(28)20-24-19(18-11-5-6-13-26(18)20)21(27)23-14-17-9-3-2-4-10-17/h2-4,9-10,16H,5-8,11-15H2,1H3,(H,23,27). The first-order valence-corrected chi connectivity index (χ1v) is 10.3. The van der Waals surface area contributed by atoms with Crippen molar-refractivity contribution in [2.24, 2.45) is 5.92 Å². The van der Waals surface area contributed by atoms with Crippen molar-refractivity contribution < 1.29 is 9.59 Å². The van der Waals surface area contributed by atoms with Gasteiger partial charge < -0.3 is 14.8 Å². The molecule has 1 aromatic heterocycles. The fourth-order valence-electron chi connectivity index (χ4n) is 4.27. The van der Waals surface area contributed by atoms with Crippen LogP contribution >= 0.6 is 0 Å². The summed E-state index contributed by atoms with van der Waals surface area (Å²) in [5.41, 5.74) is 2.37. The van der Waals surface area contributed by atoms with Crippen molar-refractivity contribution >= 4 is 11.8 Å². The highest BCUT2D eigenvalue weighted by Gasteiger charge is 2.31. The highest BCUT2D eigenvalue weighted by molar-refractivity contribution is 5.97. The number of carbonyl (C=O) groups excluding carboxylic acids is 2. The average Bonchev–Trinajstić information content (AvgIpc) is 3.12. The van der Waals surface area contributed by atoms with Crippen molar-refractivity contribution in [1.82, 2.24) is 19.8 Å². The normalized spacial score (nSPS) is 19.2. The van der Waals surface area contributed by atoms with Crippen LogP contribution < -0.4 is 5.32 Å². The number of benzene rings is 1. The van der Waals surface area contributed by atoms with E-state index in [4.69, 9.17) is 0 Å². The van der Waals surface area contributed by atoms with Gasteiger partial charge in [-0.25, -0.2) is 4.98 Å². The number of hydrogen-bond acceptors (Lipinski definition) is 3. The lowest BCUT2D eigenvalue weighted by Crippen LogP contribution is -2.40. The van der Waals surface area contributed by atoms with Gasteiger partial charge in [-0.3, -0.25) is 9.59 Å². The van der Waals surface area contributed by atoms with Crippen LogP contribution in [0.15, 0.2) is 30.3 Å². The minimum absolute atomic E-state index is 0.0307. The monoisotopic (exact) mass is 380 g/mol. The number of imidazole rings is 1. The zero-order valence-corrected chi connectivity index (χ0v) is 16.5. The highest BCUT2D eigenvalue weighted by atomic mass is 16.2. The molecule has 6 heteroatoms. The summed E-state index contributed by atoms with van der Waals surface area (Å²) in [6.45, 7) is 4.96. The summed E-state index contributed by atoms with van der Waals surface area (Å²) in [5.74, 6) is 0.730. The second-order valence-corrected chi connectivity index (χ2v) is 8.01. The maximum atomic E-state index is 13.1. The minimum atomic E-state index is -0.194. The van der Waals surface area contributed by atoms with E-state index in [2.05, 4.69) is 17.2 Å². The lowest BCUT2D eigenvalue weighted by atomic mass is 10.0. The van der Waals surface area contributed by atoms with Gasteiger partial charge in [-0.1, -0.05) is 37.3 Å². The Balaban J connectivity index is 1.56. The summed E-state index contributed by atoms with van der Waals surface area (Å²) in [6, 6.07) is 9.83. The molecule has 0 radical (unpaired) electrons. The Morgan fingerprint density at radius 3 is 2.75 bits per heavy atom. The van der Waals surface area contributed by atoms with Crippen LogP contribution in [0.3, 0.4) is 0 Å². The number of hydrogen-bond donors (Lipinski definition) is 1. The van der Waals surface area contributed by atoms with Crippen LogP contribution in [0.4, 0.5) is 0 Å².